The molecule has 0 heterocycles. The molecule has 0 bridgehead atoms. The Balaban J connectivity index is 1.34. The van der Waals surface area contributed by atoms with Crippen LogP contribution in [0, 0.1) is 35.5 Å². The maximum atomic E-state index is 2.63. The van der Waals surface area contributed by atoms with E-state index in [1.54, 1.807) is 12.8 Å². The first-order valence-corrected chi connectivity index (χ1v) is 12.1. The average molecular weight is 357 g/mol. The fourth-order valence-electron chi connectivity index (χ4n) is 6.28. The molecule has 0 saturated heterocycles. The Bertz CT molecular complexity index is 421. The van der Waals surface area contributed by atoms with Gasteiger partial charge in [-0.2, -0.15) is 0 Å². The standard InChI is InChI=1S/C26H44/c1-3-5-21-7-9-23(10-8-21)11-12-24-15-19-26(20-16-24)25-17-13-22(6-4-2)14-18-25/h3,5,11-12,21-26H,4,6-10,13-20H2,1-2H3/b5-3+,12-11+. The summed E-state index contributed by atoms with van der Waals surface area (Å²) in [5.41, 5.74) is 0. The van der Waals surface area contributed by atoms with E-state index < -0.39 is 0 Å². The molecule has 0 aromatic rings. The van der Waals surface area contributed by atoms with Crippen molar-refractivity contribution >= 4 is 0 Å². The molecular weight excluding hydrogens is 312 g/mol. The van der Waals surface area contributed by atoms with Crippen LogP contribution in [-0.4, -0.2) is 0 Å². The molecule has 0 N–H and O–H groups in total. The van der Waals surface area contributed by atoms with Gasteiger partial charge in [0.1, 0.15) is 0 Å². The molecule has 26 heavy (non-hydrogen) atoms. The Kier molecular flexibility index (Phi) is 8.34. The number of rotatable bonds is 6. The van der Waals surface area contributed by atoms with Gasteiger partial charge in [0.2, 0.25) is 0 Å². The van der Waals surface area contributed by atoms with Gasteiger partial charge in [-0.3, -0.25) is 0 Å². The number of hydrogen-bond donors (Lipinski definition) is 0. The van der Waals surface area contributed by atoms with Gasteiger partial charge in [0.25, 0.3) is 0 Å². The van der Waals surface area contributed by atoms with E-state index in [4.69, 9.17) is 0 Å². The SMILES string of the molecule is C/C=C/C1CCC(/C=C/C2CCC(C3CCC(CCC)CC3)CC2)CC1. The van der Waals surface area contributed by atoms with Crippen molar-refractivity contribution < 1.29 is 0 Å². The van der Waals surface area contributed by atoms with E-state index in [1.165, 1.54) is 77.0 Å². The van der Waals surface area contributed by atoms with Crippen LogP contribution in [0.5, 0.6) is 0 Å². The van der Waals surface area contributed by atoms with Crippen LogP contribution in [0.2, 0.25) is 0 Å². The van der Waals surface area contributed by atoms with E-state index in [9.17, 15) is 0 Å². The van der Waals surface area contributed by atoms with Crippen molar-refractivity contribution in [2.45, 2.75) is 104 Å². The van der Waals surface area contributed by atoms with Gasteiger partial charge in [0, 0.05) is 0 Å². The summed E-state index contributed by atoms with van der Waals surface area (Å²) in [6, 6.07) is 0. The van der Waals surface area contributed by atoms with Crippen LogP contribution in [0.25, 0.3) is 0 Å². The minimum atomic E-state index is 0.868. The van der Waals surface area contributed by atoms with Crippen molar-refractivity contribution in [2.24, 2.45) is 35.5 Å². The molecule has 3 saturated carbocycles. The second-order valence-electron chi connectivity index (χ2n) is 9.83. The summed E-state index contributed by atoms with van der Waals surface area (Å²) in [6.07, 6.45) is 30.6. The van der Waals surface area contributed by atoms with E-state index in [2.05, 4.69) is 38.2 Å². The molecule has 0 atom stereocenters. The first-order chi connectivity index (χ1) is 12.8. The highest BCUT2D eigenvalue weighted by Gasteiger charge is 2.30. The van der Waals surface area contributed by atoms with Gasteiger partial charge < -0.3 is 0 Å². The first-order valence-electron chi connectivity index (χ1n) is 12.1. The lowest BCUT2D eigenvalue weighted by atomic mass is 9.68. The average Bonchev–Trinajstić information content (AvgIpc) is 2.69. The molecule has 0 radical (unpaired) electrons. The highest BCUT2D eigenvalue weighted by Crippen LogP contribution is 2.42. The molecule has 0 aromatic carbocycles. The van der Waals surface area contributed by atoms with Gasteiger partial charge in [-0.1, -0.05) is 56.9 Å². The van der Waals surface area contributed by atoms with Crippen molar-refractivity contribution in [1.29, 1.82) is 0 Å². The Hall–Kier alpha value is -0.520. The number of allylic oxidation sites excluding steroid dienone is 4. The zero-order valence-corrected chi connectivity index (χ0v) is 17.7. The molecule has 0 amide bonds. The predicted octanol–water partition coefficient (Wildman–Crippen LogP) is 8.34. The molecule has 0 aromatic heterocycles. The minimum absolute atomic E-state index is 0.868. The van der Waals surface area contributed by atoms with Gasteiger partial charge in [0.05, 0.1) is 0 Å². The quantitative estimate of drug-likeness (QED) is 0.419. The summed E-state index contributed by atoms with van der Waals surface area (Å²) in [7, 11) is 0. The van der Waals surface area contributed by atoms with E-state index in [0.29, 0.717) is 0 Å². The minimum Gasteiger partial charge on any atom is -0.0914 e. The topological polar surface area (TPSA) is 0 Å². The summed E-state index contributed by atoms with van der Waals surface area (Å²) in [5, 5.41) is 0. The molecule has 3 aliphatic carbocycles. The second kappa shape index (κ2) is 10.7. The maximum Gasteiger partial charge on any atom is -0.0233 e. The van der Waals surface area contributed by atoms with Gasteiger partial charge in [-0.25, -0.2) is 0 Å². The van der Waals surface area contributed by atoms with E-state index in [-0.39, 0.29) is 0 Å². The van der Waals surface area contributed by atoms with Gasteiger partial charge in [-0.15, -0.1) is 0 Å². The third-order valence-corrected chi connectivity index (χ3v) is 8.01. The second-order valence-corrected chi connectivity index (χ2v) is 9.83. The summed E-state index contributed by atoms with van der Waals surface area (Å²) in [6.45, 7) is 4.52. The zero-order chi connectivity index (χ0) is 18.2. The Labute approximate surface area is 163 Å². The zero-order valence-electron chi connectivity index (χ0n) is 17.7. The van der Waals surface area contributed by atoms with Crippen LogP contribution < -0.4 is 0 Å². The van der Waals surface area contributed by atoms with Gasteiger partial charge in [-0.05, 0) is 107 Å². The highest BCUT2D eigenvalue weighted by atomic mass is 14.4. The molecule has 0 heteroatoms. The summed E-state index contributed by atoms with van der Waals surface area (Å²) in [5.74, 6) is 5.86. The van der Waals surface area contributed by atoms with Crippen LogP contribution in [0.4, 0.5) is 0 Å². The highest BCUT2D eigenvalue weighted by molar-refractivity contribution is 4.98. The van der Waals surface area contributed by atoms with Crippen molar-refractivity contribution in [3.63, 3.8) is 0 Å². The molecule has 148 valence electrons. The van der Waals surface area contributed by atoms with E-state index >= 15 is 0 Å². The lowest BCUT2D eigenvalue weighted by Crippen LogP contribution is -2.25. The third-order valence-electron chi connectivity index (χ3n) is 8.01. The smallest absolute Gasteiger partial charge is 0.0233 e. The molecule has 0 aliphatic heterocycles. The third kappa shape index (κ3) is 6.00. The molecule has 3 fully saturated rings. The van der Waals surface area contributed by atoms with Gasteiger partial charge in [0.15, 0.2) is 0 Å². The summed E-state index contributed by atoms with van der Waals surface area (Å²) >= 11 is 0. The van der Waals surface area contributed by atoms with Gasteiger partial charge >= 0.3 is 0 Å². The van der Waals surface area contributed by atoms with E-state index in [0.717, 1.165) is 35.5 Å². The molecule has 0 unspecified atom stereocenters. The first kappa shape index (κ1) is 20.2. The molecule has 0 nitrogen and oxygen atoms in total. The van der Waals surface area contributed by atoms with Crippen molar-refractivity contribution in [3.05, 3.63) is 24.3 Å². The normalized spacial score (nSPS) is 39.6. The monoisotopic (exact) mass is 356 g/mol. The fourth-order valence-corrected chi connectivity index (χ4v) is 6.28. The van der Waals surface area contributed by atoms with Crippen LogP contribution in [0.1, 0.15) is 104 Å². The van der Waals surface area contributed by atoms with Crippen LogP contribution in [-0.2, 0) is 0 Å². The maximum absolute atomic E-state index is 2.63. The lowest BCUT2D eigenvalue weighted by molar-refractivity contribution is 0.152. The fraction of sp³-hybridized carbons (Fsp3) is 0.846. The van der Waals surface area contributed by atoms with Crippen molar-refractivity contribution in [1.82, 2.24) is 0 Å². The van der Waals surface area contributed by atoms with Crippen LogP contribution in [0.15, 0.2) is 24.3 Å². The molecule has 3 aliphatic rings. The molecular formula is C26H44. The Morgan fingerprint density at radius 3 is 1.46 bits per heavy atom. The summed E-state index contributed by atoms with van der Waals surface area (Å²) < 4.78 is 0. The van der Waals surface area contributed by atoms with Crippen LogP contribution in [0.3, 0.4) is 0 Å². The largest absolute Gasteiger partial charge is 0.0914 e. The molecule has 0 spiro atoms. The van der Waals surface area contributed by atoms with Crippen molar-refractivity contribution in [3.8, 4) is 0 Å². The Morgan fingerprint density at radius 2 is 1.00 bits per heavy atom. The lowest BCUT2D eigenvalue weighted by Gasteiger charge is -2.37. The van der Waals surface area contributed by atoms with E-state index in [1.807, 2.05) is 0 Å². The Morgan fingerprint density at radius 1 is 0.577 bits per heavy atom. The predicted molar refractivity (Wildman–Crippen MR) is 115 cm³/mol. The summed E-state index contributed by atoms with van der Waals surface area (Å²) in [4.78, 5) is 0. The van der Waals surface area contributed by atoms with Crippen molar-refractivity contribution in [2.75, 3.05) is 0 Å². The number of hydrogen-bond acceptors (Lipinski definition) is 0. The van der Waals surface area contributed by atoms with Crippen LogP contribution >= 0.6 is 0 Å². The molecule has 3 rings (SSSR count).